The Kier molecular flexibility index (Phi) is 6.04. The third kappa shape index (κ3) is 4.90. The smallest absolute Gasteiger partial charge is 0.317 e. The van der Waals surface area contributed by atoms with Crippen LogP contribution in [0.15, 0.2) is 24.3 Å². The number of benzene rings is 1. The van der Waals surface area contributed by atoms with Crippen molar-refractivity contribution in [3.63, 3.8) is 0 Å². The lowest BCUT2D eigenvalue weighted by molar-refractivity contribution is 0.162. The van der Waals surface area contributed by atoms with Gasteiger partial charge in [-0.2, -0.15) is 0 Å². The lowest BCUT2D eigenvalue weighted by Crippen LogP contribution is -2.45. The highest BCUT2D eigenvalue weighted by Gasteiger charge is 2.24. The number of amides is 2. The monoisotopic (exact) mass is 308 g/mol. The fourth-order valence-corrected chi connectivity index (χ4v) is 2.80. The van der Waals surface area contributed by atoms with E-state index in [2.05, 4.69) is 12.2 Å². The minimum absolute atomic E-state index is 0.0672. The minimum atomic E-state index is -0.326. The first-order chi connectivity index (χ1) is 10.6. The minimum Gasteiger partial charge on any atom is -0.492 e. The second-order valence-electron chi connectivity index (χ2n) is 6.06. The summed E-state index contributed by atoms with van der Waals surface area (Å²) in [7, 11) is 1.85. The van der Waals surface area contributed by atoms with Crippen molar-refractivity contribution < 1.29 is 13.9 Å². The summed E-state index contributed by atoms with van der Waals surface area (Å²) in [5.41, 5.74) is 0. The highest BCUT2D eigenvalue weighted by molar-refractivity contribution is 5.74. The first-order valence-electron chi connectivity index (χ1n) is 7.95. The molecular formula is C17H25FN2O2. The summed E-state index contributed by atoms with van der Waals surface area (Å²) >= 11 is 0. The van der Waals surface area contributed by atoms with Gasteiger partial charge in [0.05, 0.1) is 6.54 Å². The van der Waals surface area contributed by atoms with Crippen molar-refractivity contribution in [2.45, 2.75) is 38.6 Å². The van der Waals surface area contributed by atoms with Crippen molar-refractivity contribution in [2.75, 3.05) is 20.2 Å². The van der Waals surface area contributed by atoms with Crippen LogP contribution in [0.3, 0.4) is 0 Å². The predicted molar refractivity (Wildman–Crippen MR) is 84.5 cm³/mol. The molecule has 1 aliphatic rings. The van der Waals surface area contributed by atoms with Crippen LogP contribution in [0, 0.1) is 11.7 Å². The Morgan fingerprint density at radius 3 is 2.77 bits per heavy atom. The maximum absolute atomic E-state index is 13.0. The summed E-state index contributed by atoms with van der Waals surface area (Å²) in [6.45, 7) is 2.99. The Balaban J connectivity index is 1.67. The normalized spacial score (nSPS) is 21.2. The topological polar surface area (TPSA) is 41.6 Å². The van der Waals surface area contributed by atoms with Crippen LogP contribution in [-0.4, -0.2) is 37.2 Å². The average Bonchev–Trinajstić information content (AvgIpc) is 2.51. The zero-order chi connectivity index (χ0) is 15.9. The van der Waals surface area contributed by atoms with Crippen LogP contribution in [0.25, 0.3) is 0 Å². The van der Waals surface area contributed by atoms with Crippen molar-refractivity contribution in [2.24, 2.45) is 5.92 Å². The van der Waals surface area contributed by atoms with Crippen LogP contribution in [0.1, 0.15) is 32.6 Å². The van der Waals surface area contributed by atoms with E-state index in [0.29, 0.717) is 24.9 Å². The number of ether oxygens (including phenoxy) is 1. The van der Waals surface area contributed by atoms with E-state index in [0.717, 1.165) is 18.8 Å². The van der Waals surface area contributed by atoms with Crippen molar-refractivity contribution in [1.82, 2.24) is 10.2 Å². The lowest BCUT2D eigenvalue weighted by Gasteiger charge is -2.33. The molecule has 0 unspecified atom stereocenters. The van der Waals surface area contributed by atoms with Gasteiger partial charge in [-0.1, -0.05) is 13.0 Å². The van der Waals surface area contributed by atoms with Gasteiger partial charge in [0.1, 0.15) is 18.2 Å². The molecule has 1 fully saturated rings. The van der Waals surface area contributed by atoms with Crippen molar-refractivity contribution in [3.05, 3.63) is 30.1 Å². The number of hydrogen-bond donors (Lipinski definition) is 1. The van der Waals surface area contributed by atoms with Crippen molar-refractivity contribution in [1.29, 1.82) is 0 Å². The molecule has 5 heteroatoms. The van der Waals surface area contributed by atoms with E-state index in [1.54, 1.807) is 17.0 Å². The molecule has 4 nitrogen and oxygen atoms in total. The van der Waals surface area contributed by atoms with Gasteiger partial charge in [0.15, 0.2) is 0 Å². The van der Waals surface area contributed by atoms with E-state index in [9.17, 15) is 9.18 Å². The van der Waals surface area contributed by atoms with E-state index in [1.807, 2.05) is 7.05 Å². The molecule has 1 aliphatic carbocycles. The molecule has 2 amide bonds. The van der Waals surface area contributed by atoms with Crippen LogP contribution < -0.4 is 10.1 Å². The summed E-state index contributed by atoms with van der Waals surface area (Å²) in [6.07, 6.45) is 4.52. The van der Waals surface area contributed by atoms with E-state index < -0.39 is 0 Å². The van der Waals surface area contributed by atoms with E-state index >= 15 is 0 Å². The van der Waals surface area contributed by atoms with Gasteiger partial charge in [0, 0.05) is 19.2 Å². The molecule has 0 spiro atoms. The first-order valence-corrected chi connectivity index (χ1v) is 7.95. The number of halogens is 1. The number of hydrogen-bond acceptors (Lipinski definition) is 2. The van der Waals surface area contributed by atoms with Gasteiger partial charge in [-0.25, -0.2) is 9.18 Å². The van der Waals surface area contributed by atoms with Crippen LogP contribution in [0.4, 0.5) is 9.18 Å². The van der Waals surface area contributed by atoms with E-state index in [-0.39, 0.29) is 11.8 Å². The molecule has 122 valence electrons. The molecule has 0 aromatic heterocycles. The molecular weight excluding hydrogens is 283 g/mol. The van der Waals surface area contributed by atoms with Gasteiger partial charge in [0.2, 0.25) is 0 Å². The fourth-order valence-electron chi connectivity index (χ4n) is 2.80. The van der Waals surface area contributed by atoms with Gasteiger partial charge < -0.3 is 15.0 Å². The lowest BCUT2D eigenvalue weighted by atomic mass is 9.87. The van der Waals surface area contributed by atoms with Gasteiger partial charge in [-0.3, -0.25) is 0 Å². The standard InChI is InChI=1S/C17H25FN2O2/c1-13-6-8-15(9-7-13)20(2)17(21)19-10-11-22-16-5-3-4-14(18)12-16/h3-5,12-13,15H,6-11H2,1-2H3,(H,19,21). The third-order valence-corrected chi connectivity index (χ3v) is 4.30. The number of carbonyl (C=O) groups is 1. The zero-order valence-electron chi connectivity index (χ0n) is 13.3. The maximum Gasteiger partial charge on any atom is 0.317 e. The molecule has 1 N–H and O–H groups in total. The highest BCUT2D eigenvalue weighted by Crippen LogP contribution is 2.26. The van der Waals surface area contributed by atoms with Crippen LogP contribution >= 0.6 is 0 Å². The number of carbonyl (C=O) groups excluding carboxylic acids is 1. The highest BCUT2D eigenvalue weighted by atomic mass is 19.1. The Bertz CT molecular complexity index is 487. The first kappa shape index (κ1) is 16.6. The second-order valence-corrected chi connectivity index (χ2v) is 6.06. The van der Waals surface area contributed by atoms with Crippen LogP contribution in [0.2, 0.25) is 0 Å². The fraction of sp³-hybridized carbons (Fsp3) is 0.588. The summed E-state index contributed by atoms with van der Waals surface area (Å²) in [4.78, 5) is 13.9. The summed E-state index contributed by atoms with van der Waals surface area (Å²) in [5.74, 6) is 0.920. The largest absolute Gasteiger partial charge is 0.492 e. The average molecular weight is 308 g/mol. The molecule has 0 saturated heterocycles. The van der Waals surface area contributed by atoms with E-state index in [1.165, 1.54) is 25.0 Å². The van der Waals surface area contributed by atoms with Gasteiger partial charge in [-0.15, -0.1) is 0 Å². The number of rotatable bonds is 5. The SMILES string of the molecule is CC1CCC(N(C)C(=O)NCCOc2cccc(F)c2)CC1. The Morgan fingerprint density at radius 2 is 2.09 bits per heavy atom. The van der Waals surface area contributed by atoms with Crippen molar-refractivity contribution >= 4 is 6.03 Å². The molecule has 2 rings (SSSR count). The molecule has 1 aromatic carbocycles. The zero-order valence-corrected chi connectivity index (χ0v) is 13.3. The Morgan fingerprint density at radius 1 is 1.36 bits per heavy atom. The predicted octanol–water partition coefficient (Wildman–Crippen LogP) is 3.42. The molecule has 1 saturated carbocycles. The maximum atomic E-state index is 13.0. The van der Waals surface area contributed by atoms with Crippen LogP contribution in [-0.2, 0) is 0 Å². The molecule has 0 atom stereocenters. The van der Waals surface area contributed by atoms with Gasteiger partial charge in [-0.05, 0) is 43.7 Å². The number of nitrogens with one attached hydrogen (secondary N) is 1. The quantitative estimate of drug-likeness (QED) is 0.847. The summed E-state index contributed by atoms with van der Waals surface area (Å²) in [6, 6.07) is 6.26. The van der Waals surface area contributed by atoms with Crippen molar-refractivity contribution in [3.8, 4) is 5.75 Å². The Hall–Kier alpha value is -1.78. The molecule has 0 bridgehead atoms. The Labute approximate surface area is 131 Å². The second kappa shape index (κ2) is 8.01. The molecule has 22 heavy (non-hydrogen) atoms. The molecule has 1 aromatic rings. The molecule has 0 aliphatic heterocycles. The van der Waals surface area contributed by atoms with Gasteiger partial charge in [0.25, 0.3) is 0 Å². The molecule has 0 radical (unpaired) electrons. The third-order valence-electron chi connectivity index (χ3n) is 4.30. The number of urea groups is 1. The van der Waals surface area contributed by atoms with Gasteiger partial charge >= 0.3 is 6.03 Å². The van der Waals surface area contributed by atoms with E-state index in [4.69, 9.17) is 4.74 Å². The van der Waals surface area contributed by atoms with Crippen LogP contribution in [0.5, 0.6) is 5.75 Å². The summed E-state index contributed by atoms with van der Waals surface area (Å²) in [5, 5.41) is 2.84. The summed E-state index contributed by atoms with van der Waals surface area (Å²) < 4.78 is 18.4. The number of nitrogens with zero attached hydrogens (tertiary/aromatic N) is 1. The molecule has 0 heterocycles.